The van der Waals surface area contributed by atoms with Crippen molar-refractivity contribution in [1.29, 1.82) is 0 Å². The van der Waals surface area contributed by atoms with Crippen LogP contribution in [-0.4, -0.2) is 41.1 Å². The average Bonchev–Trinajstić information content (AvgIpc) is 2.88. The molecule has 1 unspecified atom stereocenters. The normalized spacial score (nSPS) is 19.4. The first-order chi connectivity index (χ1) is 9.94. The third kappa shape index (κ3) is 3.84. The van der Waals surface area contributed by atoms with Crippen molar-refractivity contribution in [2.45, 2.75) is 24.7 Å². The largest absolute Gasteiger partial charge is 0.463 e. The Kier molecular flexibility index (Phi) is 5.02. The van der Waals surface area contributed by atoms with Gasteiger partial charge < -0.3 is 14.5 Å². The zero-order valence-electron chi connectivity index (χ0n) is 12.1. The summed E-state index contributed by atoms with van der Waals surface area (Å²) in [6.07, 6.45) is 2.04. The molecule has 0 radical (unpaired) electrons. The molecule has 1 aromatic heterocycles. The van der Waals surface area contributed by atoms with Gasteiger partial charge in [-0.15, -0.1) is 0 Å². The first-order valence-corrected chi connectivity index (χ1v) is 8.31. The highest BCUT2D eigenvalue weighted by atomic mass is 32.2. The van der Waals surface area contributed by atoms with E-state index in [-0.39, 0.29) is 22.3 Å². The van der Waals surface area contributed by atoms with E-state index in [1.165, 1.54) is 20.1 Å². The second-order valence-electron chi connectivity index (χ2n) is 5.09. The maximum atomic E-state index is 12.3. The zero-order valence-corrected chi connectivity index (χ0v) is 13.0. The third-order valence-corrected chi connectivity index (χ3v) is 5.04. The third-order valence-electron chi connectivity index (χ3n) is 3.51. The monoisotopic (exact) mass is 316 g/mol. The number of hydrogen-bond donors (Lipinski definition) is 2. The highest BCUT2D eigenvalue weighted by Crippen LogP contribution is 2.21. The topological polar surface area (TPSA) is 97.6 Å². The fraction of sp³-hybridized carbons (Fsp3) is 0.615. The summed E-state index contributed by atoms with van der Waals surface area (Å²) >= 11 is 0. The van der Waals surface area contributed by atoms with Gasteiger partial charge in [0, 0.05) is 12.6 Å². The number of nitrogens with one attached hydrogen (secondary N) is 2. The molecule has 2 rings (SSSR count). The molecule has 0 saturated carbocycles. The van der Waals surface area contributed by atoms with Crippen LogP contribution in [0.1, 0.15) is 29.2 Å². The fourth-order valence-electron chi connectivity index (χ4n) is 2.34. The summed E-state index contributed by atoms with van der Waals surface area (Å²) in [6.45, 7) is 3.66. The maximum absolute atomic E-state index is 12.3. The van der Waals surface area contributed by atoms with Gasteiger partial charge in [-0.05, 0) is 38.8 Å². The summed E-state index contributed by atoms with van der Waals surface area (Å²) in [7, 11) is -2.48. The number of aryl methyl sites for hydroxylation is 1. The minimum absolute atomic E-state index is 0.0216. The van der Waals surface area contributed by atoms with E-state index in [9.17, 15) is 13.2 Å². The number of ether oxygens (including phenoxy) is 1. The number of carbonyl (C=O) groups excluding carboxylic acids is 1. The van der Waals surface area contributed by atoms with Crippen LogP contribution in [0, 0.1) is 12.8 Å². The van der Waals surface area contributed by atoms with Gasteiger partial charge in [0.25, 0.3) is 0 Å². The molecule has 1 aliphatic rings. The molecule has 0 spiro atoms. The highest BCUT2D eigenvalue weighted by Gasteiger charge is 2.25. The Morgan fingerprint density at radius 2 is 2.33 bits per heavy atom. The number of hydrogen-bond acceptors (Lipinski definition) is 6. The van der Waals surface area contributed by atoms with Gasteiger partial charge in [0.05, 0.1) is 7.11 Å². The van der Waals surface area contributed by atoms with Crippen molar-refractivity contribution in [1.82, 2.24) is 10.0 Å². The molecule has 1 aliphatic heterocycles. The summed E-state index contributed by atoms with van der Waals surface area (Å²) in [5.74, 6) is -0.365. The molecule has 0 amide bonds. The standard InChI is InChI=1S/C13H20N2O5S/c1-9-12(6-11(20-9)13(16)19-2)21(17,18)15-8-10-4-3-5-14-7-10/h6,10,14-15H,3-5,7-8H2,1-2H3. The minimum Gasteiger partial charge on any atom is -0.463 e. The Bertz CT molecular complexity index is 602. The van der Waals surface area contributed by atoms with Crippen LogP contribution in [0.5, 0.6) is 0 Å². The van der Waals surface area contributed by atoms with E-state index in [0.29, 0.717) is 6.54 Å². The molecule has 1 saturated heterocycles. The lowest BCUT2D eigenvalue weighted by molar-refractivity contribution is 0.0563. The van der Waals surface area contributed by atoms with Crippen LogP contribution >= 0.6 is 0 Å². The Labute approximate surface area is 124 Å². The van der Waals surface area contributed by atoms with Crippen LogP contribution in [0.2, 0.25) is 0 Å². The lowest BCUT2D eigenvalue weighted by Crippen LogP contribution is -2.38. The van der Waals surface area contributed by atoms with Gasteiger partial charge in [0.2, 0.25) is 15.8 Å². The van der Waals surface area contributed by atoms with Gasteiger partial charge in [-0.3, -0.25) is 0 Å². The number of esters is 1. The number of methoxy groups -OCH3 is 1. The first-order valence-electron chi connectivity index (χ1n) is 6.83. The van der Waals surface area contributed by atoms with Gasteiger partial charge in [-0.1, -0.05) is 0 Å². The van der Waals surface area contributed by atoms with Crippen LogP contribution in [-0.2, 0) is 14.8 Å². The number of rotatable bonds is 5. The Balaban J connectivity index is 2.08. The van der Waals surface area contributed by atoms with Gasteiger partial charge in [0.15, 0.2) is 0 Å². The second-order valence-corrected chi connectivity index (χ2v) is 6.82. The van der Waals surface area contributed by atoms with Crippen LogP contribution in [0.4, 0.5) is 0 Å². The fourth-order valence-corrected chi connectivity index (χ4v) is 3.63. The lowest BCUT2D eigenvalue weighted by Gasteiger charge is -2.22. The Morgan fingerprint density at radius 3 is 2.95 bits per heavy atom. The molecule has 2 heterocycles. The molecule has 21 heavy (non-hydrogen) atoms. The van der Waals surface area contributed by atoms with Crippen molar-refractivity contribution < 1.29 is 22.4 Å². The van der Waals surface area contributed by atoms with E-state index < -0.39 is 16.0 Å². The van der Waals surface area contributed by atoms with E-state index >= 15 is 0 Å². The molecule has 0 bridgehead atoms. The van der Waals surface area contributed by atoms with Crippen molar-refractivity contribution in [3.63, 3.8) is 0 Å². The van der Waals surface area contributed by atoms with Crippen LogP contribution in [0.3, 0.4) is 0 Å². The molecule has 7 nitrogen and oxygen atoms in total. The molecular formula is C13H20N2O5S. The Morgan fingerprint density at radius 1 is 1.57 bits per heavy atom. The number of sulfonamides is 1. The zero-order chi connectivity index (χ0) is 15.5. The summed E-state index contributed by atoms with van der Waals surface area (Å²) < 4.78 is 36.8. The summed E-state index contributed by atoms with van der Waals surface area (Å²) in [5, 5.41) is 3.23. The predicted molar refractivity (Wildman–Crippen MR) is 75.6 cm³/mol. The van der Waals surface area contributed by atoms with E-state index in [2.05, 4.69) is 14.8 Å². The molecule has 1 atom stereocenters. The predicted octanol–water partition coefficient (Wildman–Crippen LogP) is 0.653. The van der Waals surface area contributed by atoms with Gasteiger partial charge in [-0.25, -0.2) is 17.9 Å². The van der Waals surface area contributed by atoms with E-state index in [0.717, 1.165) is 25.9 Å². The highest BCUT2D eigenvalue weighted by molar-refractivity contribution is 7.89. The SMILES string of the molecule is COC(=O)c1cc(S(=O)(=O)NCC2CCCNC2)c(C)o1. The van der Waals surface area contributed by atoms with E-state index in [1.807, 2.05) is 0 Å². The second kappa shape index (κ2) is 6.59. The van der Waals surface area contributed by atoms with Gasteiger partial charge in [0.1, 0.15) is 10.7 Å². The average molecular weight is 316 g/mol. The summed E-state index contributed by atoms with van der Waals surface area (Å²) in [6, 6.07) is 1.20. The van der Waals surface area contributed by atoms with Gasteiger partial charge >= 0.3 is 5.97 Å². The Hall–Kier alpha value is -1.38. The number of carbonyl (C=O) groups is 1. The van der Waals surface area contributed by atoms with Crippen molar-refractivity contribution >= 4 is 16.0 Å². The maximum Gasteiger partial charge on any atom is 0.373 e. The van der Waals surface area contributed by atoms with Crippen molar-refractivity contribution in [2.75, 3.05) is 26.7 Å². The van der Waals surface area contributed by atoms with Crippen LogP contribution in [0.25, 0.3) is 0 Å². The van der Waals surface area contributed by atoms with Crippen molar-refractivity contribution in [3.8, 4) is 0 Å². The first kappa shape index (κ1) is 16.0. The molecule has 1 fully saturated rings. The molecule has 1 aromatic rings. The van der Waals surface area contributed by atoms with Gasteiger partial charge in [-0.2, -0.15) is 0 Å². The molecule has 118 valence electrons. The van der Waals surface area contributed by atoms with E-state index in [4.69, 9.17) is 4.42 Å². The van der Waals surface area contributed by atoms with E-state index in [1.54, 1.807) is 0 Å². The summed E-state index contributed by atoms with van der Waals surface area (Å²) in [4.78, 5) is 11.4. The molecule has 0 aliphatic carbocycles. The van der Waals surface area contributed by atoms with Crippen molar-refractivity contribution in [2.24, 2.45) is 5.92 Å². The van der Waals surface area contributed by atoms with Crippen molar-refractivity contribution in [3.05, 3.63) is 17.6 Å². The number of furan rings is 1. The molecule has 0 aromatic carbocycles. The summed E-state index contributed by atoms with van der Waals surface area (Å²) in [5.41, 5.74) is 0. The minimum atomic E-state index is -3.69. The lowest BCUT2D eigenvalue weighted by atomic mass is 10.0. The van der Waals surface area contributed by atoms with Crippen LogP contribution in [0.15, 0.2) is 15.4 Å². The molecule has 2 N–H and O–H groups in total. The molecule has 8 heteroatoms. The number of piperidine rings is 1. The quantitative estimate of drug-likeness (QED) is 0.774. The smallest absolute Gasteiger partial charge is 0.373 e. The molecular weight excluding hydrogens is 296 g/mol. The van der Waals surface area contributed by atoms with Crippen LogP contribution < -0.4 is 10.0 Å².